The summed E-state index contributed by atoms with van der Waals surface area (Å²) in [5.41, 5.74) is 0.800. The topological polar surface area (TPSA) is 62.2 Å². The highest BCUT2D eigenvalue weighted by molar-refractivity contribution is 7.18. The zero-order valence-corrected chi connectivity index (χ0v) is 15.8. The van der Waals surface area contributed by atoms with E-state index in [2.05, 4.69) is 26.7 Å². The number of nitrogens with zero attached hydrogens (tertiary/aromatic N) is 3. The summed E-state index contributed by atoms with van der Waals surface area (Å²) in [7, 11) is 0. The molecule has 0 bridgehead atoms. The van der Waals surface area contributed by atoms with Gasteiger partial charge in [-0.3, -0.25) is 4.99 Å². The lowest BCUT2D eigenvalue weighted by molar-refractivity contribution is 0.507. The molecular formula is C20H17F2N5S. The standard InChI is InChI=1S/C20H17F2N5S/c1-10-6-13-18(25-17-8-12(17)11-2-3-14(21)15(22)7-11)26-19(27-20(13)28-10)16-4-5-23-9-24-16/h2-7,9,12,16-17H,8H2,1H3,(H,23,24)(H,25,26,27)/t12-,16?,17?/m0/s1. The third-order valence-electron chi connectivity index (χ3n) is 4.97. The van der Waals surface area contributed by atoms with Gasteiger partial charge in [-0.1, -0.05) is 6.07 Å². The minimum atomic E-state index is -0.819. The lowest BCUT2D eigenvalue weighted by atomic mass is 10.1. The van der Waals surface area contributed by atoms with E-state index in [-0.39, 0.29) is 18.0 Å². The number of halogens is 2. The molecule has 5 rings (SSSR count). The maximum atomic E-state index is 13.6. The molecule has 1 aliphatic heterocycles. The fourth-order valence-corrected chi connectivity index (χ4v) is 4.34. The average Bonchev–Trinajstić information content (AvgIpc) is 3.35. The van der Waals surface area contributed by atoms with Gasteiger partial charge in [-0.2, -0.15) is 0 Å². The van der Waals surface area contributed by atoms with Gasteiger partial charge in [-0.05, 0) is 43.2 Å². The van der Waals surface area contributed by atoms with E-state index in [1.54, 1.807) is 23.7 Å². The first-order valence-electron chi connectivity index (χ1n) is 9.02. The SMILES string of the molecule is Cc1cc2c(NC3C[C@H]3c3ccc(F)c(F)c3)nc(C3C=CNC=N3)nc2s1. The van der Waals surface area contributed by atoms with Gasteiger partial charge in [-0.25, -0.2) is 18.7 Å². The Kier molecular flexibility index (Phi) is 4.08. The van der Waals surface area contributed by atoms with Crippen LogP contribution in [0, 0.1) is 18.6 Å². The predicted octanol–water partition coefficient (Wildman–Crippen LogP) is 4.43. The average molecular weight is 397 g/mol. The summed E-state index contributed by atoms with van der Waals surface area (Å²) >= 11 is 1.62. The van der Waals surface area contributed by atoms with Crippen LogP contribution in [0.15, 0.2) is 41.5 Å². The van der Waals surface area contributed by atoms with E-state index in [1.165, 1.54) is 12.1 Å². The van der Waals surface area contributed by atoms with Crippen molar-refractivity contribution in [1.82, 2.24) is 15.3 Å². The van der Waals surface area contributed by atoms with E-state index < -0.39 is 11.6 Å². The summed E-state index contributed by atoms with van der Waals surface area (Å²) in [5, 5.41) is 7.38. The number of hydrogen-bond donors (Lipinski definition) is 2. The molecule has 0 radical (unpaired) electrons. The quantitative estimate of drug-likeness (QED) is 0.684. The van der Waals surface area contributed by atoms with Crippen LogP contribution >= 0.6 is 11.3 Å². The van der Waals surface area contributed by atoms with Crippen LogP contribution in [0.25, 0.3) is 10.2 Å². The van der Waals surface area contributed by atoms with Crippen molar-refractivity contribution in [3.8, 4) is 0 Å². The predicted molar refractivity (Wildman–Crippen MR) is 107 cm³/mol. The highest BCUT2D eigenvalue weighted by Gasteiger charge is 2.39. The van der Waals surface area contributed by atoms with Crippen molar-refractivity contribution in [2.75, 3.05) is 5.32 Å². The fourth-order valence-electron chi connectivity index (χ4n) is 3.46. The van der Waals surface area contributed by atoms with Crippen LogP contribution in [-0.2, 0) is 0 Å². The molecule has 2 aromatic heterocycles. The van der Waals surface area contributed by atoms with E-state index in [9.17, 15) is 8.78 Å². The highest BCUT2D eigenvalue weighted by Crippen LogP contribution is 2.44. The zero-order chi connectivity index (χ0) is 19.3. The van der Waals surface area contributed by atoms with Gasteiger partial charge in [0.1, 0.15) is 16.7 Å². The summed E-state index contributed by atoms with van der Waals surface area (Å²) in [6.07, 6.45) is 6.20. The van der Waals surface area contributed by atoms with E-state index in [4.69, 9.17) is 4.98 Å². The smallest absolute Gasteiger partial charge is 0.160 e. The van der Waals surface area contributed by atoms with Crippen LogP contribution in [0.3, 0.4) is 0 Å². The number of benzene rings is 1. The number of hydrogen-bond acceptors (Lipinski definition) is 6. The molecule has 3 atom stereocenters. The molecular weight excluding hydrogens is 380 g/mol. The van der Waals surface area contributed by atoms with Crippen molar-refractivity contribution in [3.63, 3.8) is 0 Å². The number of aromatic nitrogens is 2. The Bertz CT molecular complexity index is 1110. The summed E-state index contributed by atoms with van der Waals surface area (Å²) in [4.78, 5) is 15.9. The molecule has 2 unspecified atom stereocenters. The van der Waals surface area contributed by atoms with Crippen LogP contribution in [0.4, 0.5) is 14.6 Å². The number of aliphatic imine (C=N–C) groups is 1. The van der Waals surface area contributed by atoms with Crippen LogP contribution in [0.1, 0.15) is 34.6 Å². The van der Waals surface area contributed by atoms with Crippen LogP contribution in [0.2, 0.25) is 0 Å². The summed E-state index contributed by atoms with van der Waals surface area (Å²) in [6.45, 7) is 2.04. The molecule has 1 aromatic carbocycles. The van der Waals surface area contributed by atoms with Gasteiger partial charge in [0.15, 0.2) is 17.5 Å². The molecule has 1 saturated carbocycles. The maximum Gasteiger partial charge on any atom is 0.160 e. The first-order valence-corrected chi connectivity index (χ1v) is 9.84. The Morgan fingerprint density at radius 3 is 2.86 bits per heavy atom. The minimum Gasteiger partial charge on any atom is -0.366 e. The van der Waals surface area contributed by atoms with Crippen molar-refractivity contribution in [1.29, 1.82) is 0 Å². The van der Waals surface area contributed by atoms with Gasteiger partial charge in [-0.15, -0.1) is 11.3 Å². The Morgan fingerprint density at radius 1 is 1.18 bits per heavy atom. The lowest BCUT2D eigenvalue weighted by Gasteiger charge is -2.13. The molecule has 5 nitrogen and oxygen atoms in total. The van der Waals surface area contributed by atoms with Crippen molar-refractivity contribution < 1.29 is 8.78 Å². The molecule has 28 heavy (non-hydrogen) atoms. The number of fused-ring (bicyclic) bond motifs is 1. The molecule has 142 valence electrons. The second kappa shape index (κ2) is 6.63. The van der Waals surface area contributed by atoms with Gasteiger partial charge in [0.25, 0.3) is 0 Å². The first kappa shape index (κ1) is 17.2. The molecule has 1 fully saturated rings. The molecule has 2 N–H and O–H groups in total. The van der Waals surface area contributed by atoms with E-state index in [1.807, 2.05) is 19.2 Å². The van der Waals surface area contributed by atoms with Gasteiger partial charge in [0, 0.05) is 23.0 Å². The van der Waals surface area contributed by atoms with Crippen LogP contribution in [-0.4, -0.2) is 22.3 Å². The monoisotopic (exact) mass is 397 g/mol. The van der Waals surface area contributed by atoms with Gasteiger partial charge in [0.2, 0.25) is 0 Å². The van der Waals surface area contributed by atoms with Crippen molar-refractivity contribution in [3.05, 3.63) is 64.4 Å². The largest absolute Gasteiger partial charge is 0.366 e. The molecule has 0 spiro atoms. The zero-order valence-electron chi connectivity index (χ0n) is 15.0. The van der Waals surface area contributed by atoms with Gasteiger partial charge < -0.3 is 10.6 Å². The Morgan fingerprint density at radius 2 is 2.07 bits per heavy atom. The summed E-state index contributed by atoms with van der Waals surface area (Å²) < 4.78 is 26.7. The maximum absolute atomic E-state index is 13.6. The number of nitrogens with one attached hydrogen (secondary N) is 2. The van der Waals surface area contributed by atoms with Crippen molar-refractivity contribution in [2.24, 2.45) is 4.99 Å². The fraction of sp³-hybridized carbons (Fsp3) is 0.250. The van der Waals surface area contributed by atoms with Gasteiger partial charge in [0.05, 0.1) is 11.7 Å². The first-order chi connectivity index (χ1) is 13.6. The third-order valence-corrected chi connectivity index (χ3v) is 5.91. The Balaban J connectivity index is 1.45. The summed E-state index contributed by atoms with van der Waals surface area (Å²) in [6, 6.07) is 6.09. The van der Waals surface area contributed by atoms with Gasteiger partial charge >= 0.3 is 0 Å². The lowest BCUT2D eigenvalue weighted by Crippen LogP contribution is -2.13. The minimum absolute atomic E-state index is 0.128. The van der Waals surface area contributed by atoms with Crippen LogP contribution < -0.4 is 10.6 Å². The van der Waals surface area contributed by atoms with Crippen molar-refractivity contribution >= 4 is 33.7 Å². The molecule has 8 heteroatoms. The number of anilines is 1. The normalized spacial score (nSPS) is 23.0. The van der Waals surface area contributed by atoms with E-state index >= 15 is 0 Å². The van der Waals surface area contributed by atoms with E-state index in [0.29, 0.717) is 5.82 Å². The molecule has 3 heterocycles. The molecule has 0 saturated heterocycles. The summed E-state index contributed by atoms with van der Waals surface area (Å²) in [5.74, 6) is -0.0863. The second-order valence-corrected chi connectivity index (χ2v) is 8.26. The van der Waals surface area contributed by atoms with E-state index in [0.717, 1.165) is 32.9 Å². The molecule has 1 aliphatic carbocycles. The second-order valence-electron chi connectivity index (χ2n) is 7.02. The Labute approximate surface area is 164 Å². The highest BCUT2D eigenvalue weighted by atomic mass is 32.1. The Hall–Kier alpha value is -2.87. The third kappa shape index (κ3) is 3.13. The number of rotatable bonds is 4. The molecule has 2 aliphatic rings. The molecule has 0 amide bonds. The molecule has 3 aromatic rings. The van der Waals surface area contributed by atoms with Crippen molar-refractivity contribution in [2.45, 2.75) is 31.3 Å². The number of thiophene rings is 1. The van der Waals surface area contributed by atoms with Crippen LogP contribution in [0.5, 0.6) is 0 Å². The number of aryl methyl sites for hydroxylation is 1.